The number of esters is 1. The van der Waals surface area contributed by atoms with E-state index in [1.54, 1.807) is 13.8 Å². The smallest absolute Gasteiger partial charge is 0.350 e. The quantitative estimate of drug-likeness (QED) is 0.725. The van der Waals surface area contributed by atoms with E-state index < -0.39 is 11.9 Å². The molecular weight excluding hydrogens is 328 g/mol. The second-order valence-corrected chi connectivity index (χ2v) is 6.16. The average molecular weight is 344 g/mol. The van der Waals surface area contributed by atoms with Gasteiger partial charge in [-0.15, -0.1) is 0 Å². The van der Waals surface area contributed by atoms with Crippen LogP contribution < -0.4 is 5.32 Å². The lowest BCUT2D eigenvalue weighted by atomic mass is 10.1. The fourth-order valence-corrected chi connectivity index (χ4v) is 3.24. The molecule has 6 nitrogen and oxygen atoms in total. The lowest BCUT2D eigenvalue weighted by Crippen LogP contribution is -2.11. The molecular formula is C17H16N2O4S. The summed E-state index contributed by atoms with van der Waals surface area (Å²) in [4.78, 5) is 28.9. The standard InChI is InChI=1S/C17H16N2O4S/c1-4-22-16(21)14-10(3)18-17(24-14)19-15(20)13-9(2)11-7-5-6-8-12(11)23-13/h5-8H,4H2,1-3H3,(H,18,19,20). The van der Waals surface area contributed by atoms with Gasteiger partial charge in [0.1, 0.15) is 10.5 Å². The van der Waals surface area contributed by atoms with Gasteiger partial charge >= 0.3 is 5.97 Å². The van der Waals surface area contributed by atoms with Crippen molar-refractivity contribution in [3.05, 3.63) is 46.2 Å². The molecule has 0 atom stereocenters. The summed E-state index contributed by atoms with van der Waals surface area (Å²) in [6.07, 6.45) is 0. The second kappa shape index (κ2) is 6.45. The van der Waals surface area contributed by atoms with Gasteiger partial charge in [0.15, 0.2) is 10.9 Å². The number of thiazole rings is 1. The first-order valence-corrected chi connectivity index (χ1v) is 8.27. The molecule has 0 aliphatic rings. The van der Waals surface area contributed by atoms with Gasteiger partial charge in [-0.2, -0.15) is 0 Å². The molecule has 0 spiro atoms. The first-order chi connectivity index (χ1) is 11.5. The molecule has 0 saturated heterocycles. The Morgan fingerprint density at radius 3 is 2.75 bits per heavy atom. The Balaban J connectivity index is 1.85. The maximum Gasteiger partial charge on any atom is 0.350 e. The highest BCUT2D eigenvalue weighted by molar-refractivity contribution is 7.17. The monoisotopic (exact) mass is 344 g/mol. The molecule has 0 aliphatic heterocycles. The van der Waals surface area contributed by atoms with E-state index in [1.165, 1.54) is 0 Å². The van der Waals surface area contributed by atoms with E-state index in [2.05, 4.69) is 10.3 Å². The van der Waals surface area contributed by atoms with Gasteiger partial charge in [-0.3, -0.25) is 10.1 Å². The van der Waals surface area contributed by atoms with Crippen LogP contribution in [0.25, 0.3) is 11.0 Å². The normalized spacial score (nSPS) is 10.8. The number of furan rings is 1. The molecule has 0 bridgehead atoms. The Labute approximate surface area is 142 Å². The van der Waals surface area contributed by atoms with E-state index in [-0.39, 0.29) is 12.4 Å². The number of anilines is 1. The van der Waals surface area contributed by atoms with Crippen LogP contribution in [0.1, 0.15) is 38.4 Å². The molecule has 2 aromatic heterocycles. The number of amides is 1. The molecule has 0 aliphatic carbocycles. The summed E-state index contributed by atoms with van der Waals surface area (Å²) in [5.74, 6) is -0.595. The van der Waals surface area contributed by atoms with Crippen LogP contribution in [-0.4, -0.2) is 23.5 Å². The minimum absolute atomic E-state index is 0.238. The number of carbonyl (C=O) groups excluding carboxylic acids is 2. The molecule has 1 N–H and O–H groups in total. The summed E-state index contributed by atoms with van der Waals surface area (Å²) in [7, 11) is 0. The van der Waals surface area contributed by atoms with Crippen LogP contribution in [-0.2, 0) is 4.74 Å². The number of benzene rings is 1. The number of rotatable bonds is 4. The van der Waals surface area contributed by atoms with E-state index in [0.717, 1.165) is 22.3 Å². The topological polar surface area (TPSA) is 81.4 Å². The van der Waals surface area contributed by atoms with Crippen LogP contribution in [0.3, 0.4) is 0 Å². The summed E-state index contributed by atoms with van der Waals surface area (Å²) >= 11 is 1.08. The van der Waals surface area contributed by atoms with Gasteiger partial charge in [0.25, 0.3) is 5.91 Å². The van der Waals surface area contributed by atoms with Crippen LogP contribution in [0.4, 0.5) is 5.13 Å². The fraction of sp³-hybridized carbons (Fsp3) is 0.235. The van der Waals surface area contributed by atoms with Crippen LogP contribution >= 0.6 is 11.3 Å². The molecule has 24 heavy (non-hydrogen) atoms. The predicted molar refractivity (Wildman–Crippen MR) is 91.7 cm³/mol. The molecule has 0 fully saturated rings. The number of carbonyl (C=O) groups is 2. The van der Waals surface area contributed by atoms with Crippen molar-refractivity contribution < 1.29 is 18.7 Å². The zero-order valence-electron chi connectivity index (χ0n) is 13.5. The summed E-state index contributed by atoms with van der Waals surface area (Å²) in [6, 6.07) is 7.45. The summed E-state index contributed by atoms with van der Waals surface area (Å²) in [5, 5.41) is 3.91. The Hall–Kier alpha value is -2.67. The van der Waals surface area contributed by atoms with Crippen molar-refractivity contribution in [2.24, 2.45) is 0 Å². The van der Waals surface area contributed by atoms with Crippen LogP contribution in [0, 0.1) is 13.8 Å². The number of hydrogen-bond donors (Lipinski definition) is 1. The van der Waals surface area contributed by atoms with Crippen molar-refractivity contribution in [1.29, 1.82) is 0 Å². The highest BCUT2D eigenvalue weighted by Crippen LogP contribution is 2.27. The number of nitrogens with one attached hydrogen (secondary N) is 1. The molecule has 0 unspecified atom stereocenters. The second-order valence-electron chi connectivity index (χ2n) is 5.16. The lowest BCUT2D eigenvalue weighted by molar-refractivity contribution is 0.0531. The van der Waals surface area contributed by atoms with Crippen LogP contribution in [0.15, 0.2) is 28.7 Å². The van der Waals surface area contributed by atoms with Gasteiger partial charge in [-0.1, -0.05) is 29.5 Å². The zero-order valence-corrected chi connectivity index (χ0v) is 14.3. The third-order valence-electron chi connectivity index (χ3n) is 3.53. The number of para-hydroxylation sites is 1. The minimum Gasteiger partial charge on any atom is -0.462 e. The van der Waals surface area contributed by atoms with Crippen LogP contribution in [0.2, 0.25) is 0 Å². The van der Waals surface area contributed by atoms with Gasteiger partial charge in [-0.25, -0.2) is 9.78 Å². The number of fused-ring (bicyclic) bond motifs is 1. The fourth-order valence-electron chi connectivity index (χ4n) is 2.38. The van der Waals surface area contributed by atoms with E-state index >= 15 is 0 Å². The van der Waals surface area contributed by atoms with Crippen molar-refractivity contribution in [1.82, 2.24) is 4.98 Å². The number of nitrogens with zero attached hydrogens (tertiary/aromatic N) is 1. The first-order valence-electron chi connectivity index (χ1n) is 7.45. The maximum atomic E-state index is 12.5. The Kier molecular flexibility index (Phi) is 4.35. The average Bonchev–Trinajstić information content (AvgIpc) is 3.08. The zero-order chi connectivity index (χ0) is 17.3. The third-order valence-corrected chi connectivity index (χ3v) is 4.58. The molecule has 124 valence electrons. The summed E-state index contributed by atoms with van der Waals surface area (Å²) < 4.78 is 10.6. The molecule has 2 heterocycles. The van der Waals surface area contributed by atoms with E-state index in [1.807, 2.05) is 31.2 Å². The van der Waals surface area contributed by atoms with Crippen molar-refractivity contribution in [3.8, 4) is 0 Å². The number of ether oxygens (including phenoxy) is 1. The molecule has 3 aromatic rings. The van der Waals surface area contributed by atoms with E-state index in [4.69, 9.17) is 9.15 Å². The molecule has 1 amide bonds. The Morgan fingerprint density at radius 1 is 1.29 bits per heavy atom. The highest BCUT2D eigenvalue weighted by Gasteiger charge is 2.21. The van der Waals surface area contributed by atoms with Crippen molar-refractivity contribution in [2.75, 3.05) is 11.9 Å². The lowest BCUT2D eigenvalue weighted by Gasteiger charge is -1.99. The SMILES string of the molecule is CCOC(=O)c1sc(NC(=O)c2oc3ccccc3c2C)nc1C. The Bertz CT molecular complexity index is 926. The maximum absolute atomic E-state index is 12.5. The Morgan fingerprint density at radius 2 is 2.04 bits per heavy atom. The number of hydrogen-bond acceptors (Lipinski definition) is 6. The summed E-state index contributed by atoms with van der Waals surface area (Å²) in [5.41, 5.74) is 1.94. The van der Waals surface area contributed by atoms with Gasteiger partial charge in [0.05, 0.1) is 12.3 Å². The molecule has 3 rings (SSSR count). The van der Waals surface area contributed by atoms with Crippen molar-refractivity contribution >= 4 is 39.3 Å². The minimum atomic E-state index is -0.437. The van der Waals surface area contributed by atoms with E-state index in [0.29, 0.717) is 21.3 Å². The van der Waals surface area contributed by atoms with Gasteiger partial charge < -0.3 is 9.15 Å². The van der Waals surface area contributed by atoms with Crippen molar-refractivity contribution in [2.45, 2.75) is 20.8 Å². The molecule has 7 heteroatoms. The van der Waals surface area contributed by atoms with Crippen molar-refractivity contribution in [3.63, 3.8) is 0 Å². The van der Waals surface area contributed by atoms with Crippen LogP contribution in [0.5, 0.6) is 0 Å². The number of aromatic nitrogens is 1. The molecule has 0 saturated carbocycles. The third kappa shape index (κ3) is 2.90. The van der Waals surface area contributed by atoms with Gasteiger partial charge in [0.2, 0.25) is 0 Å². The predicted octanol–water partition coefficient (Wildman–Crippen LogP) is 3.94. The van der Waals surface area contributed by atoms with Gasteiger partial charge in [-0.05, 0) is 26.8 Å². The largest absolute Gasteiger partial charge is 0.462 e. The van der Waals surface area contributed by atoms with E-state index in [9.17, 15) is 9.59 Å². The first kappa shape index (κ1) is 16.2. The van der Waals surface area contributed by atoms with Gasteiger partial charge in [0, 0.05) is 10.9 Å². The molecule has 0 radical (unpaired) electrons. The summed E-state index contributed by atoms with van der Waals surface area (Å²) in [6.45, 7) is 5.56. The molecule has 1 aromatic carbocycles. The number of aryl methyl sites for hydroxylation is 2. The highest BCUT2D eigenvalue weighted by atomic mass is 32.1.